The number of nitrogens with one attached hydrogen (secondary N) is 1. The van der Waals surface area contributed by atoms with Gasteiger partial charge in [-0.25, -0.2) is 9.97 Å². The van der Waals surface area contributed by atoms with Gasteiger partial charge in [-0.05, 0) is 90.2 Å². The number of hydrogen-bond donors (Lipinski definition) is 1. The first-order chi connectivity index (χ1) is 15.0. The number of hydrogen-bond acceptors (Lipinski definition) is 7. The third kappa shape index (κ3) is 5.35. The second-order valence-electron chi connectivity index (χ2n) is 8.82. The van der Waals surface area contributed by atoms with Crippen LogP contribution in [0.1, 0.15) is 46.7 Å². The molecule has 4 rings (SSSR count). The number of rotatable bonds is 6. The quantitative estimate of drug-likeness (QED) is 0.717. The molecule has 2 aliphatic heterocycles. The van der Waals surface area contributed by atoms with Gasteiger partial charge in [0.15, 0.2) is 11.6 Å². The van der Waals surface area contributed by atoms with E-state index in [1.54, 1.807) is 12.1 Å². The minimum atomic E-state index is 0.0348. The lowest BCUT2D eigenvalue weighted by molar-refractivity contribution is 0.0845. The van der Waals surface area contributed by atoms with Gasteiger partial charge in [-0.3, -0.25) is 9.59 Å². The van der Waals surface area contributed by atoms with E-state index in [0.29, 0.717) is 23.0 Å². The third-order valence-corrected chi connectivity index (χ3v) is 6.44. The van der Waals surface area contributed by atoms with Gasteiger partial charge in [-0.2, -0.15) is 0 Å². The van der Waals surface area contributed by atoms with E-state index >= 15 is 0 Å². The summed E-state index contributed by atoms with van der Waals surface area (Å²) in [7, 11) is 4.17. The predicted octanol–water partition coefficient (Wildman–Crippen LogP) is 3.27. The van der Waals surface area contributed by atoms with Crippen LogP contribution in [0.25, 0.3) is 0 Å². The maximum Gasteiger partial charge on any atom is 0.184 e. The molecule has 2 aliphatic rings. The monoisotopic (exact) mass is 421 g/mol. The van der Waals surface area contributed by atoms with E-state index in [-0.39, 0.29) is 23.4 Å². The molecule has 2 fully saturated rings. The molecule has 2 aromatic rings. The van der Waals surface area contributed by atoms with Crippen LogP contribution in [-0.2, 0) is 0 Å². The molecule has 0 atom stereocenters. The highest BCUT2D eigenvalue weighted by Crippen LogP contribution is 2.23. The summed E-state index contributed by atoms with van der Waals surface area (Å²) in [4.78, 5) is 39.3. The number of ketones is 2. The Morgan fingerprint density at radius 3 is 1.52 bits per heavy atom. The van der Waals surface area contributed by atoms with Crippen LogP contribution in [0.15, 0.2) is 36.4 Å². The topological polar surface area (TPSA) is 78.4 Å². The summed E-state index contributed by atoms with van der Waals surface area (Å²) >= 11 is 0. The SMILES string of the molecule is CN1CCC(C(=O)c2cccc(Nc3cccc(C(=O)C4CCN(C)CC4)n3)n2)CC1. The summed E-state index contributed by atoms with van der Waals surface area (Å²) in [5, 5.41) is 3.17. The van der Waals surface area contributed by atoms with Crippen LogP contribution in [0.5, 0.6) is 0 Å². The normalized spacial score (nSPS) is 19.3. The highest BCUT2D eigenvalue weighted by Gasteiger charge is 2.26. The number of aromatic nitrogens is 2. The predicted molar refractivity (Wildman–Crippen MR) is 121 cm³/mol. The molecule has 31 heavy (non-hydrogen) atoms. The van der Waals surface area contributed by atoms with Gasteiger partial charge in [0, 0.05) is 11.8 Å². The summed E-state index contributed by atoms with van der Waals surface area (Å²) in [6.45, 7) is 3.76. The van der Waals surface area contributed by atoms with Crippen LogP contribution in [0, 0.1) is 11.8 Å². The van der Waals surface area contributed by atoms with Crippen LogP contribution < -0.4 is 5.32 Å². The van der Waals surface area contributed by atoms with Gasteiger partial charge >= 0.3 is 0 Å². The van der Waals surface area contributed by atoms with Gasteiger partial charge < -0.3 is 15.1 Å². The van der Waals surface area contributed by atoms with Crippen molar-refractivity contribution in [1.82, 2.24) is 19.8 Å². The number of likely N-dealkylation sites (tertiary alicyclic amines) is 2. The Morgan fingerprint density at radius 2 is 1.13 bits per heavy atom. The fourth-order valence-corrected chi connectivity index (χ4v) is 4.37. The number of pyridine rings is 2. The van der Waals surface area contributed by atoms with Crippen molar-refractivity contribution in [3.63, 3.8) is 0 Å². The summed E-state index contributed by atoms with van der Waals surface area (Å²) in [5.41, 5.74) is 0.969. The molecule has 0 amide bonds. The Labute approximate surface area is 183 Å². The lowest BCUT2D eigenvalue weighted by Crippen LogP contribution is -2.34. The van der Waals surface area contributed by atoms with Gasteiger partial charge in [0.1, 0.15) is 23.0 Å². The zero-order valence-corrected chi connectivity index (χ0v) is 18.4. The first kappa shape index (κ1) is 21.6. The molecule has 7 nitrogen and oxygen atoms in total. The van der Waals surface area contributed by atoms with Crippen LogP contribution in [-0.4, -0.2) is 71.6 Å². The Hall–Kier alpha value is -2.64. The molecule has 0 bridgehead atoms. The van der Waals surface area contributed by atoms with Crippen LogP contribution >= 0.6 is 0 Å². The lowest BCUT2D eigenvalue weighted by Gasteiger charge is -2.27. The van der Waals surface area contributed by atoms with Crippen molar-refractivity contribution in [2.75, 3.05) is 45.6 Å². The van der Waals surface area contributed by atoms with E-state index in [2.05, 4.69) is 39.2 Å². The zero-order chi connectivity index (χ0) is 21.8. The van der Waals surface area contributed by atoms with Gasteiger partial charge in [-0.1, -0.05) is 12.1 Å². The summed E-state index contributed by atoms with van der Waals surface area (Å²) in [6, 6.07) is 10.9. The molecule has 0 radical (unpaired) electrons. The molecule has 2 aromatic heterocycles. The zero-order valence-electron chi connectivity index (χ0n) is 18.4. The first-order valence-corrected chi connectivity index (χ1v) is 11.2. The van der Waals surface area contributed by atoms with Crippen LogP contribution in [0.2, 0.25) is 0 Å². The maximum atomic E-state index is 12.9. The second-order valence-corrected chi connectivity index (χ2v) is 8.82. The van der Waals surface area contributed by atoms with E-state index in [0.717, 1.165) is 51.9 Å². The lowest BCUT2D eigenvalue weighted by atomic mass is 9.91. The number of Topliss-reactive ketones (excluding diaryl/α,β-unsaturated/α-hetero) is 2. The van der Waals surface area contributed by atoms with Crippen molar-refractivity contribution >= 4 is 23.2 Å². The number of carbonyl (C=O) groups excluding carboxylic acids is 2. The van der Waals surface area contributed by atoms with Crippen molar-refractivity contribution in [1.29, 1.82) is 0 Å². The van der Waals surface area contributed by atoms with E-state index in [1.807, 2.05) is 24.3 Å². The van der Waals surface area contributed by atoms with Crippen molar-refractivity contribution in [2.24, 2.45) is 11.8 Å². The van der Waals surface area contributed by atoms with Crippen molar-refractivity contribution in [3.05, 3.63) is 47.8 Å². The molecule has 0 saturated carbocycles. The van der Waals surface area contributed by atoms with E-state index in [9.17, 15) is 9.59 Å². The third-order valence-electron chi connectivity index (χ3n) is 6.44. The summed E-state index contributed by atoms with van der Waals surface area (Å²) < 4.78 is 0. The maximum absolute atomic E-state index is 12.9. The molecule has 1 N–H and O–H groups in total. The van der Waals surface area contributed by atoms with Gasteiger partial charge in [0.2, 0.25) is 0 Å². The molecule has 0 spiro atoms. The van der Waals surface area contributed by atoms with Crippen molar-refractivity contribution in [2.45, 2.75) is 25.7 Å². The minimum Gasteiger partial charge on any atom is -0.325 e. The van der Waals surface area contributed by atoms with E-state index in [1.165, 1.54) is 0 Å². The largest absolute Gasteiger partial charge is 0.325 e. The molecule has 7 heteroatoms. The average Bonchev–Trinajstić information content (AvgIpc) is 2.79. The number of carbonyl (C=O) groups is 2. The first-order valence-electron chi connectivity index (χ1n) is 11.2. The standard InChI is InChI=1S/C24H31N5O2/c1-28-13-9-17(10-14-28)23(30)19-5-3-7-21(25-19)27-22-8-4-6-20(26-22)24(31)18-11-15-29(2)16-12-18/h3-8,17-18H,9-16H2,1-2H3,(H,25,26,27). The number of anilines is 2. The van der Waals surface area contributed by atoms with Crippen LogP contribution in [0.3, 0.4) is 0 Å². The second kappa shape index (κ2) is 9.66. The molecule has 2 saturated heterocycles. The molecular formula is C24H31N5O2. The Morgan fingerprint density at radius 1 is 0.742 bits per heavy atom. The van der Waals surface area contributed by atoms with Crippen LogP contribution in [0.4, 0.5) is 11.6 Å². The molecule has 0 unspecified atom stereocenters. The number of nitrogens with zero attached hydrogens (tertiary/aromatic N) is 4. The number of piperidine rings is 2. The molecule has 0 aromatic carbocycles. The Bertz CT molecular complexity index is 856. The summed E-state index contributed by atoms with van der Waals surface area (Å²) in [5.74, 6) is 1.41. The summed E-state index contributed by atoms with van der Waals surface area (Å²) in [6.07, 6.45) is 3.49. The fourth-order valence-electron chi connectivity index (χ4n) is 4.37. The highest BCUT2D eigenvalue weighted by atomic mass is 16.1. The van der Waals surface area contributed by atoms with Gasteiger partial charge in [0.05, 0.1) is 0 Å². The molecule has 164 valence electrons. The molecule has 4 heterocycles. The molecule has 0 aliphatic carbocycles. The van der Waals surface area contributed by atoms with Gasteiger partial charge in [-0.15, -0.1) is 0 Å². The van der Waals surface area contributed by atoms with E-state index in [4.69, 9.17) is 0 Å². The Kier molecular flexibility index (Phi) is 6.73. The highest BCUT2D eigenvalue weighted by molar-refractivity contribution is 5.97. The fraction of sp³-hybridized carbons (Fsp3) is 0.500. The van der Waals surface area contributed by atoms with E-state index < -0.39 is 0 Å². The minimum absolute atomic E-state index is 0.0348. The van der Waals surface area contributed by atoms with Gasteiger partial charge in [0.25, 0.3) is 0 Å². The molecular weight excluding hydrogens is 390 g/mol. The smallest absolute Gasteiger partial charge is 0.184 e. The van der Waals surface area contributed by atoms with Crippen molar-refractivity contribution < 1.29 is 9.59 Å². The average molecular weight is 422 g/mol. The van der Waals surface area contributed by atoms with Crippen molar-refractivity contribution in [3.8, 4) is 0 Å². The Balaban J connectivity index is 1.44.